The number of ether oxygens (including phenoxy) is 2. The lowest BCUT2D eigenvalue weighted by molar-refractivity contribution is -0.134. The van der Waals surface area contributed by atoms with Gasteiger partial charge >= 0.3 is 0 Å². The van der Waals surface area contributed by atoms with E-state index in [2.05, 4.69) is 20.1 Å². The van der Waals surface area contributed by atoms with Crippen LogP contribution in [0.5, 0.6) is 11.5 Å². The summed E-state index contributed by atoms with van der Waals surface area (Å²) in [5.74, 6) is 2.34. The molecule has 9 nitrogen and oxygen atoms in total. The number of carbonyl (C=O) groups is 1. The van der Waals surface area contributed by atoms with Crippen LogP contribution in [0.25, 0.3) is 11.6 Å². The maximum atomic E-state index is 12.7. The van der Waals surface area contributed by atoms with E-state index in [9.17, 15) is 4.79 Å². The maximum Gasteiger partial charge on any atom is 0.278 e. The predicted octanol–water partition coefficient (Wildman–Crippen LogP) is 3.33. The third-order valence-corrected chi connectivity index (χ3v) is 5.40. The topological polar surface area (TPSA) is 103 Å². The quantitative estimate of drug-likeness (QED) is 0.554. The monoisotopic (exact) mass is 437 g/mol. The number of benzene rings is 1. The molecule has 0 spiro atoms. The number of carbonyl (C=O) groups excluding carboxylic acids is 1. The van der Waals surface area contributed by atoms with Gasteiger partial charge in [-0.15, -0.1) is 0 Å². The number of likely N-dealkylation sites (tertiary alicyclic amines) is 1. The van der Waals surface area contributed by atoms with Crippen molar-refractivity contribution in [1.82, 2.24) is 25.0 Å². The molecule has 0 N–H and O–H groups in total. The van der Waals surface area contributed by atoms with E-state index in [1.807, 2.05) is 43.9 Å². The summed E-state index contributed by atoms with van der Waals surface area (Å²) in [5.41, 5.74) is 2.46. The summed E-state index contributed by atoms with van der Waals surface area (Å²) in [6, 6.07) is 5.69. The summed E-state index contributed by atoms with van der Waals surface area (Å²) in [7, 11) is 0. The zero-order valence-corrected chi connectivity index (χ0v) is 18.6. The molecule has 1 fully saturated rings. The minimum Gasteiger partial charge on any atom is -0.490 e. The van der Waals surface area contributed by atoms with E-state index in [0.29, 0.717) is 48.6 Å². The van der Waals surface area contributed by atoms with Gasteiger partial charge in [-0.2, -0.15) is 4.98 Å². The van der Waals surface area contributed by atoms with Crippen molar-refractivity contribution in [3.8, 4) is 23.1 Å². The summed E-state index contributed by atoms with van der Waals surface area (Å²) in [6.07, 6.45) is 4.82. The molecular formula is C23H27N5O4. The first-order valence-electron chi connectivity index (χ1n) is 10.8. The zero-order valence-electron chi connectivity index (χ0n) is 18.6. The van der Waals surface area contributed by atoms with Crippen molar-refractivity contribution in [2.24, 2.45) is 0 Å². The van der Waals surface area contributed by atoms with Crippen LogP contribution in [-0.4, -0.2) is 57.2 Å². The molecule has 1 aliphatic heterocycles. The van der Waals surface area contributed by atoms with Crippen LogP contribution in [0.1, 0.15) is 42.8 Å². The average Bonchev–Trinajstić information content (AvgIpc) is 3.29. The number of amides is 1. The van der Waals surface area contributed by atoms with Gasteiger partial charge < -0.3 is 18.9 Å². The Kier molecular flexibility index (Phi) is 6.63. The predicted molar refractivity (Wildman–Crippen MR) is 116 cm³/mol. The molecule has 1 saturated heterocycles. The minimum atomic E-state index is -0.0461. The van der Waals surface area contributed by atoms with Crippen LogP contribution in [0.15, 0.2) is 35.1 Å². The fraction of sp³-hybridized carbons (Fsp3) is 0.435. The maximum absolute atomic E-state index is 12.7. The van der Waals surface area contributed by atoms with Crippen LogP contribution in [0, 0.1) is 13.8 Å². The molecule has 1 aliphatic rings. The highest BCUT2D eigenvalue weighted by Crippen LogP contribution is 2.30. The molecule has 1 amide bonds. The molecule has 9 heteroatoms. The fourth-order valence-corrected chi connectivity index (χ4v) is 3.63. The normalized spacial score (nSPS) is 14.4. The molecule has 0 bridgehead atoms. The Bertz CT molecular complexity index is 1060. The minimum absolute atomic E-state index is 0.0216. The van der Waals surface area contributed by atoms with E-state index < -0.39 is 0 Å². The van der Waals surface area contributed by atoms with E-state index in [-0.39, 0.29) is 18.4 Å². The van der Waals surface area contributed by atoms with Crippen molar-refractivity contribution in [2.75, 3.05) is 26.3 Å². The lowest BCUT2D eigenvalue weighted by Crippen LogP contribution is -2.40. The molecule has 2 aromatic heterocycles. The van der Waals surface area contributed by atoms with E-state index >= 15 is 0 Å². The summed E-state index contributed by atoms with van der Waals surface area (Å²) in [6.45, 7) is 7.53. The molecule has 32 heavy (non-hydrogen) atoms. The Hall–Kier alpha value is -3.49. The Morgan fingerprint density at radius 3 is 2.66 bits per heavy atom. The van der Waals surface area contributed by atoms with Gasteiger partial charge in [-0.05, 0) is 51.3 Å². The van der Waals surface area contributed by atoms with Crippen molar-refractivity contribution in [3.05, 3.63) is 47.7 Å². The van der Waals surface area contributed by atoms with Gasteiger partial charge in [0.1, 0.15) is 5.69 Å². The van der Waals surface area contributed by atoms with Gasteiger partial charge in [0.15, 0.2) is 23.9 Å². The highest BCUT2D eigenvalue weighted by atomic mass is 16.5. The van der Waals surface area contributed by atoms with Crippen molar-refractivity contribution in [1.29, 1.82) is 0 Å². The van der Waals surface area contributed by atoms with Crippen LogP contribution in [-0.2, 0) is 4.79 Å². The van der Waals surface area contributed by atoms with Gasteiger partial charge in [0, 0.05) is 25.2 Å². The molecule has 3 aromatic rings. The average molecular weight is 438 g/mol. The Morgan fingerprint density at radius 2 is 1.94 bits per heavy atom. The Balaban J connectivity index is 1.30. The summed E-state index contributed by atoms with van der Waals surface area (Å²) in [5, 5.41) is 4.12. The van der Waals surface area contributed by atoms with Crippen molar-refractivity contribution in [3.63, 3.8) is 0 Å². The largest absolute Gasteiger partial charge is 0.490 e. The van der Waals surface area contributed by atoms with Crippen LogP contribution < -0.4 is 9.47 Å². The molecular weight excluding hydrogens is 410 g/mol. The van der Waals surface area contributed by atoms with Gasteiger partial charge in [-0.3, -0.25) is 9.78 Å². The van der Waals surface area contributed by atoms with Gasteiger partial charge in [-0.25, -0.2) is 4.98 Å². The zero-order chi connectivity index (χ0) is 22.5. The standard InChI is InChI=1S/C23H27N5O4/c1-4-30-20-11-15(2)5-6-19(20)31-14-21(29)28-9-7-17(8-10-28)22-26-23(32-27-22)18-13-24-16(3)12-25-18/h5-6,11-13,17H,4,7-10,14H2,1-3H3. The SMILES string of the molecule is CCOc1cc(C)ccc1OCC(=O)N1CCC(c2noc(-c3cnc(C)cn3)n2)CC1. The number of hydrogen-bond donors (Lipinski definition) is 0. The third kappa shape index (κ3) is 5.04. The van der Waals surface area contributed by atoms with Crippen LogP contribution >= 0.6 is 0 Å². The van der Waals surface area contributed by atoms with E-state index in [1.165, 1.54) is 0 Å². The Labute approximate surface area is 186 Å². The molecule has 0 atom stereocenters. The van der Waals surface area contributed by atoms with Gasteiger partial charge in [0.2, 0.25) is 0 Å². The number of aromatic nitrogens is 4. The summed E-state index contributed by atoms with van der Waals surface area (Å²) < 4.78 is 16.7. The second kappa shape index (κ2) is 9.76. The van der Waals surface area contributed by atoms with Gasteiger partial charge in [0.25, 0.3) is 11.8 Å². The fourth-order valence-electron chi connectivity index (χ4n) is 3.63. The Morgan fingerprint density at radius 1 is 1.12 bits per heavy atom. The van der Waals surface area contributed by atoms with Crippen molar-refractivity contribution < 1.29 is 18.8 Å². The highest BCUT2D eigenvalue weighted by Gasteiger charge is 2.27. The van der Waals surface area contributed by atoms with Gasteiger partial charge in [-0.1, -0.05) is 11.2 Å². The van der Waals surface area contributed by atoms with Crippen LogP contribution in [0.2, 0.25) is 0 Å². The highest BCUT2D eigenvalue weighted by molar-refractivity contribution is 5.78. The van der Waals surface area contributed by atoms with Crippen molar-refractivity contribution in [2.45, 2.75) is 39.5 Å². The second-order valence-electron chi connectivity index (χ2n) is 7.83. The van der Waals surface area contributed by atoms with E-state index in [4.69, 9.17) is 14.0 Å². The number of rotatable bonds is 7. The molecule has 4 rings (SSSR count). The number of piperidine rings is 1. The number of aryl methyl sites for hydroxylation is 2. The lowest BCUT2D eigenvalue weighted by atomic mass is 9.96. The van der Waals surface area contributed by atoms with Crippen molar-refractivity contribution >= 4 is 5.91 Å². The molecule has 3 heterocycles. The van der Waals surface area contributed by atoms with Crippen LogP contribution in [0.4, 0.5) is 0 Å². The summed E-state index contributed by atoms with van der Waals surface area (Å²) in [4.78, 5) is 27.5. The molecule has 168 valence electrons. The van der Waals surface area contributed by atoms with E-state index in [1.54, 1.807) is 12.4 Å². The molecule has 0 radical (unpaired) electrons. The molecule has 1 aromatic carbocycles. The molecule has 0 unspecified atom stereocenters. The first kappa shape index (κ1) is 21.7. The third-order valence-electron chi connectivity index (χ3n) is 5.40. The first-order chi connectivity index (χ1) is 15.5. The van der Waals surface area contributed by atoms with Crippen LogP contribution in [0.3, 0.4) is 0 Å². The smallest absolute Gasteiger partial charge is 0.278 e. The molecule has 0 aliphatic carbocycles. The number of hydrogen-bond acceptors (Lipinski definition) is 8. The molecule has 0 saturated carbocycles. The van der Waals surface area contributed by atoms with Gasteiger partial charge in [0.05, 0.1) is 18.5 Å². The first-order valence-corrected chi connectivity index (χ1v) is 10.8. The van der Waals surface area contributed by atoms with E-state index in [0.717, 1.165) is 24.1 Å². The number of nitrogens with zero attached hydrogens (tertiary/aromatic N) is 5. The second-order valence-corrected chi connectivity index (χ2v) is 7.83. The summed E-state index contributed by atoms with van der Waals surface area (Å²) >= 11 is 0. The lowest BCUT2D eigenvalue weighted by Gasteiger charge is -2.30.